The van der Waals surface area contributed by atoms with Crippen molar-refractivity contribution in [3.8, 4) is 0 Å². The Bertz CT molecular complexity index is 426. The zero-order valence-corrected chi connectivity index (χ0v) is 16.6. The number of allylic oxidation sites excluding steroid dienone is 1. The molecule has 1 rings (SSSR count). The third-order valence-electron chi connectivity index (χ3n) is 4.99. The maximum Gasteiger partial charge on any atom is 0.163 e. The van der Waals surface area contributed by atoms with Crippen molar-refractivity contribution < 1.29 is 0 Å². The van der Waals surface area contributed by atoms with Crippen LogP contribution >= 0.6 is 0 Å². The topological polar surface area (TPSA) is 3.24 Å². The van der Waals surface area contributed by atoms with E-state index in [4.69, 9.17) is 0 Å². The second-order valence-electron chi connectivity index (χ2n) is 7.26. The molecule has 0 bridgehead atoms. The molecule has 0 radical (unpaired) electrons. The molecule has 0 saturated heterocycles. The smallest absolute Gasteiger partial charge is 0.163 e. The van der Waals surface area contributed by atoms with E-state index < -0.39 is 8.24 Å². The summed E-state index contributed by atoms with van der Waals surface area (Å²) in [4.78, 5) is 0. The first-order valence-corrected chi connectivity index (χ1v) is 11.0. The molecule has 1 aromatic rings. The number of rotatable bonds is 8. The summed E-state index contributed by atoms with van der Waals surface area (Å²) in [6.45, 7) is 17.9. The number of benzene rings is 1. The van der Waals surface area contributed by atoms with Gasteiger partial charge in [0, 0.05) is 6.54 Å². The third kappa shape index (κ3) is 4.04. The standard InChI is InChI=1S/C20H35NSi/c1-8-9-15-21(16-20-13-11-10-12-14-20)22(17(2)3,18(4)5)19(6)7/h9-15,17-19H,8,16H2,1-7H3/b15-9+. The van der Waals surface area contributed by atoms with E-state index in [1.807, 2.05) is 0 Å². The highest BCUT2D eigenvalue weighted by atomic mass is 28.3. The molecule has 0 unspecified atom stereocenters. The maximum absolute atomic E-state index is 2.74. The summed E-state index contributed by atoms with van der Waals surface area (Å²) in [6.07, 6.45) is 5.83. The van der Waals surface area contributed by atoms with E-state index in [0.717, 1.165) is 29.6 Å². The number of nitrogens with zero attached hydrogens (tertiary/aromatic N) is 1. The lowest BCUT2D eigenvalue weighted by molar-refractivity contribution is 0.495. The minimum atomic E-state index is -1.63. The van der Waals surface area contributed by atoms with Crippen LogP contribution in [0.15, 0.2) is 42.6 Å². The van der Waals surface area contributed by atoms with Crippen molar-refractivity contribution in [2.45, 2.75) is 78.1 Å². The maximum atomic E-state index is 2.74. The third-order valence-corrected chi connectivity index (χ3v) is 11.8. The van der Waals surface area contributed by atoms with Crippen LogP contribution in [0.25, 0.3) is 0 Å². The summed E-state index contributed by atoms with van der Waals surface area (Å²) in [7, 11) is -1.63. The molecule has 1 aromatic carbocycles. The summed E-state index contributed by atoms with van der Waals surface area (Å²) in [5.41, 5.74) is 3.62. The molecule has 0 aliphatic carbocycles. The van der Waals surface area contributed by atoms with E-state index >= 15 is 0 Å². The minimum Gasteiger partial charge on any atom is -0.399 e. The minimum absolute atomic E-state index is 0.734. The van der Waals surface area contributed by atoms with Gasteiger partial charge in [-0.05, 0) is 34.8 Å². The van der Waals surface area contributed by atoms with Gasteiger partial charge in [0.2, 0.25) is 0 Å². The Labute approximate surface area is 139 Å². The van der Waals surface area contributed by atoms with Gasteiger partial charge < -0.3 is 4.57 Å². The van der Waals surface area contributed by atoms with Crippen LogP contribution in [0.2, 0.25) is 16.6 Å². The van der Waals surface area contributed by atoms with Crippen LogP contribution in [-0.2, 0) is 6.54 Å². The molecule has 0 aliphatic rings. The summed E-state index contributed by atoms with van der Waals surface area (Å²) in [5.74, 6) is 0. The van der Waals surface area contributed by atoms with Gasteiger partial charge in [0.15, 0.2) is 8.24 Å². The fraction of sp³-hybridized carbons (Fsp3) is 0.600. The zero-order chi connectivity index (χ0) is 16.8. The average Bonchev–Trinajstić information content (AvgIpc) is 2.45. The zero-order valence-electron chi connectivity index (χ0n) is 15.6. The van der Waals surface area contributed by atoms with Crippen LogP contribution in [-0.4, -0.2) is 12.8 Å². The van der Waals surface area contributed by atoms with Crippen LogP contribution in [0.5, 0.6) is 0 Å². The van der Waals surface area contributed by atoms with Gasteiger partial charge in [0.05, 0.1) is 0 Å². The molecule has 0 spiro atoms. The average molecular weight is 318 g/mol. The summed E-state index contributed by atoms with van der Waals surface area (Å²) < 4.78 is 2.74. The molecule has 0 saturated carbocycles. The molecular formula is C20H35NSi. The van der Waals surface area contributed by atoms with Crippen LogP contribution in [0.1, 0.15) is 60.5 Å². The summed E-state index contributed by atoms with van der Waals surface area (Å²) >= 11 is 0. The monoisotopic (exact) mass is 317 g/mol. The fourth-order valence-electron chi connectivity index (χ4n) is 4.33. The molecule has 22 heavy (non-hydrogen) atoms. The lowest BCUT2D eigenvalue weighted by Gasteiger charge is -2.51. The van der Waals surface area contributed by atoms with Crippen LogP contribution < -0.4 is 0 Å². The normalized spacial score (nSPS) is 12.8. The first-order chi connectivity index (χ1) is 10.4. The lowest BCUT2D eigenvalue weighted by atomic mass is 10.2. The largest absolute Gasteiger partial charge is 0.399 e. The van der Waals surface area contributed by atoms with E-state index in [2.05, 4.69) is 95.6 Å². The van der Waals surface area contributed by atoms with E-state index in [-0.39, 0.29) is 0 Å². The molecule has 124 valence electrons. The molecule has 0 aliphatic heterocycles. The van der Waals surface area contributed by atoms with Gasteiger partial charge in [0.1, 0.15) is 0 Å². The SMILES string of the molecule is CC/C=C/N(Cc1ccccc1)[Si](C(C)C)(C(C)C)C(C)C. The van der Waals surface area contributed by atoms with Gasteiger partial charge in [-0.3, -0.25) is 0 Å². The van der Waals surface area contributed by atoms with E-state index in [9.17, 15) is 0 Å². The Hall–Kier alpha value is -1.02. The van der Waals surface area contributed by atoms with E-state index in [1.165, 1.54) is 5.56 Å². The van der Waals surface area contributed by atoms with Crippen molar-refractivity contribution >= 4 is 8.24 Å². The first kappa shape index (κ1) is 19.0. The Balaban J connectivity index is 3.28. The van der Waals surface area contributed by atoms with E-state index in [0.29, 0.717) is 0 Å². The first-order valence-electron chi connectivity index (χ1n) is 8.84. The fourth-order valence-corrected chi connectivity index (χ4v) is 11.1. The van der Waals surface area contributed by atoms with Crippen molar-refractivity contribution in [2.24, 2.45) is 0 Å². The molecule has 0 aromatic heterocycles. The molecule has 0 atom stereocenters. The highest BCUT2D eigenvalue weighted by molar-refractivity contribution is 6.81. The second-order valence-corrected chi connectivity index (χ2v) is 13.1. The van der Waals surface area contributed by atoms with Gasteiger partial charge in [0.25, 0.3) is 0 Å². The highest BCUT2D eigenvalue weighted by Gasteiger charge is 2.47. The number of hydrogen-bond donors (Lipinski definition) is 0. The van der Waals surface area contributed by atoms with Gasteiger partial charge >= 0.3 is 0 Å². The molecule has 0 heterocycles. The van der Waals surface area contributed by atoms with Gasteiger partial charge in [-0.25, -0.2) is 0 Å². The molecule has 2 heteroatoms. The molecule has 0 N–H and O–H groups in total. The Morgan fingerprint density at radius 3 is 1.82 bits per heavy atom. The quantitative estimate of drug-likeness (QED) is 0.489. The Morgan fingerprint density at radius 2 is 1.41 bits per heavy atom. The number of hydrogen-bond acceptors (Lipinski definition) is 1. The predicted octanol–water partition coefficient (Wildman–Crippen LogP) is 6.59. The second kappa shape index (κ2) is 8.57. The summed E-state index contributed by atoms with van der Waals surface area (Å²) in [5, 5.41) is 0. The van der Waals surface area contributed by atoms with Gasteiger partial charge in [-0.15, -0.1) is 0 Å². The summed E-state index contributed by atoms with van der Waals surface area (Å²) in [6, 6.07) is 10.9. The van der Waals surface area contributed by atoms with Crippen LogP contribution in [0.3, 0.4) is 0 Å². The van der Waals surface area contributed by atoms with Crippen molar-refractivity contribution in [2.75, 3.05) is 0 Å². The van der Waals surface area contributed by atoms with Gasteiger partial charge in [-0.2, -0.15) is 0 Å². The van der Waals surface area contributed by atoms with Crippen LogP contribution in [0.4, 0.5) is 0 Å². The van der Waals surface area contributed by atoms with Crippen molar-refractivity contribution in [1.29, 1.82) is 0 Å². The van der Waals surface area contributed by atoms with Gasteiger partial charge in [-0.1, -0.05) is 84.9 Å². The van der Waals surface area contributed by atoms with E-state index in [1.54, 1.807) is 0 Å². The molecular weight excluding hydrogens is 282 g/mol. The highest BCUT2D eigenvalue weighted by Crippen LogP contribution is 2.44. The van der Waals surface area contributed by atoms with Crippen molar-refractivity contribution in [3.63, 3.8) is 0 Å². The Kier molecular flexibility index (Phi) is 7.41. The van der Waals surface area contributed by atoms with Crippen LogP contribution in [0, 0.1) is 0 Å². The predicted molar refractivity (Wildman–Crippen MR) is 102 cm³/mol. The van der Waals surface area contributed by atoms with Crippen molar-refractivity contribution in [3.05, 3.63) is 48.2 Å². The molecule has 1 nitrogen and oxygen atoms in total. The molecule has 0 amide bonds. The lowest BCUT2D eigenvalue weighted by Crippen LogP contribution is -2.57. The molecule has 0 fully saturated rings. The Morgan fingerprint density at radius 1 is 0.909 bits per heavy atom. The van der Waals surface area contributed by atoms with Crippen molar-refractivity contribution in [1.82, 2.24) is 4.57 Å².